The van der Waals surface area contributed by atoms with Crippen molar-refractivity contribution in [3.8, 4) is 11.5 Å². The Morgan fingerprint density at radius 3 is 2.57 bits per heavy atom. The second-order valence-corrected chi connectivity index (χ2v) is 4.10. The fraction of sp³-hybridized carbons (Fsp3) is 0.286. The van der Waals surface area contributed by atoms with Crippen LogP contribution >= 0.6 is 0 Å². The summed E-state index contributed by atoms with van der Waals surface area (Å²) in [7, 11) is 6.70. The molecule has 21 heavy (non-hydrogen) atoms. The van der Waals surface area contributed by atoms with Crippen LogP contribution in [-0.4, -0.2) is 33.2 Å². The van der Waals surface area contributed by atoms with Crippen LogP contribution in [0.3, 0.4) is 0 Å². The average Bonchev–Trinajstić information content (AvgIpc) is 2.50. The lowest BCUT2D eigenvalue weighted by molar-refractivity contribution is 0.405. The summed E-state index contributed by atoms with van der Waals surface area (Å²) in [4.78, 5) is 1.72. The molecule has 1 aromatic rings. The highest BCUT2D eigenvalue weighted by Gasteiger charge is 2.09. The normalized spacial score (nSPS) is 10.9. The molecule has 0 bridgehead atoms. The fourth-order valence-corrected chi connectivity index (χ4v) is 1.44. The Labute approximate surface area is 124 Å². The molecule has 0 unspecified atom stereocenters. The van der Waals surface area contributed by atoms with Gasteiger partial charge in [0, 0.05) is 38.6 Å². The summed E-state index contributed by atoms with van der Waals surface area (Å²) in [6.45, 7) is 3.83. The molecule has 0 saturated carbocycles. The molecule has 7 nitrogen and oxygen atoms in total. The summed E-state index contributed by atoms with van der Waals surface area (Å²) in [5.41, 5.74) is 6.80. The summed E-state index contributed by atoms with van der Waals surface area (Å²) < 4.78 is 10.4. The van der Waals surface area contributed by atoms with Crippen LogP contribution in [0.25, 0.3) is 0 Å². The van der Waals surface area contributed by atoms with Crippen molar-refractivity contribution in [1.29, 1.82) is 0 Å². The van der Waals surface area contributed by atoms with Gasteiger partial charge in [-0.15, -0.1) is 10.2 Å². The molecule has 7 heteroatoms. The van der Waals surface area contributed by atoms with Gasteiger partial charge in [0.1, 0.15) is 23.0 Å². The Morgan fingerprint density at radius 2 is 2.00 bits per heavy atom. The highest BCUT2D eigenvalue weighted by Crippen LogP contribution is 2.36. The van der Waals surface area contributed by atoms with E-state index in [1.165, 1.54) is 14.2 Å². The molecule has 0 spiro atoms. The van der Waals surface area contributed by atoms with E-state index in [9.17, 15) is 0 Å². The van der Waals surface area contributed by atoms with Crippen LogP contribution in [-0.2, 0) is 0 Å². The SMILES string of the molecule is C=C(N=Nc1cc(OC)c(N)cc1OC)N(C)/C=C\NC. The van der Waals surface area contributed by atoms with E-state index in [1.54, 1.807) is 36.5 Å². The zero-order valence-corrected chi connectivity index (χ0v) is 12.8. The first kappa shape index (κ1) is 16.4. The van der Waals surface area contributed by atoms with Crippen molar-refractivity contribution < 1.29 is 9.47 Å². The molecule has 0 heterocycles. The van der Waals surface area contributed by atoms with Crippen LogP contribution in [0.5, 0.6) is 11.5 Å². The molecule has 0 radical (unpaired) electrons. The van der Waals surface area contributed by atoms with Gasteiger partial charge in [-0.2, -0.15) is 0 Å². The third-order valence-corrected chi connectivity index (χ3v) is 2.68. The van der Waals surface area contributed by atoms with Gasteiger partial charge in [0.25, 0.3) is 0 Å². The highest BCUT2D eigenvalue weighted by molar-refractivity contribution is 5.66. The summed E-state index contributed by atoms with van der Waals surface area (Å²) in [5, 5.41) is 11.1. The number of nitrogens with one attached hydrogen (secondary N) is 1. The molecule has 0 atom stereocenters. The first-order chi connectivity index (χ1) is 10.0. The van der Waals surface area contributed by atoms with Gasteiger partial charge < -0.3 is 25.4 Å². The predicted octanol–water partition coefficient (Wildman–Crippen LogP) is 2.46. The van der Waals surface area contributed by atoms with Crippen molar-refractivity contribution in [2.75, 3.05) is 34.0 Å². The van der Waals surface area contributed by atoms with Crippen molar-refractivity contribution in [1.82, 2.24) is 10.2 Å². The van der Waals surface area contributed by atoms with Crippen molar-refractivity contribution in [3.63, 3.8) is 0 Å². The van der Waals surface area contributed by atoms with Gasteiger partial charge >= 0.3 is 0 Å². The zero-order chi connectivity index (χ0) is 15.8. The lowest BCUT2D eigenvalue weighted by Gasteiger charge is -2.12. The van der Waals surface area contributed by atoms with Gasteiger partial charge in [-0.25, -0.2) is 0 Å². The van der Waals surface area contributed by atoms with E-state index in [1.807, 2.05) is 7.05 Å². The van der Waals surface area contributed by atoms with Crippen LogP contribution in [0, 0.1) is 0 Å². The molecule has 0 aliphatic rings. The lowest BCUT2D eigenvalue weighted by atomic mass is 10.2. The number of methoxy groups -OCH3 is 2. The minimum atomic E-state index is 0.472. The predicted molar refractivity (Wildman–Crippen MR) is 83.6 cm³/mol. The first-order valence-electron chi connectivity index (χ1n) is 6.22. The maximum absolute atomic E-state index is 5.82. The van der Waals surface area contributed by atoms with Crippen LogP contribution in [0.15, 0.2) is 47.2 Å². The average molecular weight is 291 g/mol. The molecule has 0 amide bonds. The van der Waals surface area contributed by atoms with Crippen LogP contribution in [0.4, 0.5) is 11.4 Å². The molecule has 3 N–H and O–H groups in total. The molecule has 0 fully saturated rings. The number of hydrogen-bond donors (Lipinski definition) is 2. The molecular formula is C14H21N5O2. The van der Waals surface area contributed by atoms with E-state index in [4.69, 9.17) is 15.2 Å². The summed E-state index contributed by atoms with van der Waals surface area (Å²) >= 11 is 0. The number of ether oxygens (including phenoxy) is 2. The van der Waals surface area contributed by atoms with Gasteiger partial charge in [-0.3, -0.25) is 0 Å². The molecule has 0 aromatic heterocycles. The Morgan fingerprint density at radius 1 is 1.33 bits per heavy atom. The van der Waals surface area contributed by atoms with E-state index in [0.29, 0.717) is 28.7 Å². The summed E-state index contributed by atoms with van der Waals surface area (Å²) in [6, 6.07) is 3.30. The van der Waals surface area contributed by atoms with Gasteiger partial charge in [0.2, 0.25) is 0 Å². The van der Waals surface area contributed by atoms with E-state index < -0.39 is 0 Å². The third-order valence-electron chi connectivity index (χ3n) is 2.68. The van der Waals surface area contributed by atoms with Crippen molar-refractivity contribution in [2.45, 2.75) is 0 Å². The van der Waals surface area contributed by atoms with Gasteiger partial charge in [-0.1, -0.05) is 6.58 Å². The van der Waals surface area contributed by atoms with Gasteiger partial charge in [-0.05, 0) is 0 Å². The largest absolute Gasteiger partial charge is 0.495 e. The van der Waals surface area contributed by atoms with E-state index in [-0.39, 0.29) is 0 Å². The van der Waals surface area contributed by atoms with E-state index in [0.717, 1.165) is 0 Å². The monoisotopic (exact) mass is 291 g/mol. The third kappa shape index (κ3) is 4.41. The number of hydrogen-bond acceptors (Lipinski definition) is 7. The minimum absolute atomic E-state index is 0.472. The quantitative estimate of drug-likeness (QED) is 0.595. The zero-order valence-electron chi connectivity index (χ0n) is 12.8. The van der Waals surface area contributed by atoms with E-state index >= 15 is 0 Å². The number of benzene rings is 1. The standard InChI is InChI=1S/C14H21N5O2/c1-10(19(3)7-6-16-2)17-18-12-9-13(20-4)11(15)8-14(12)21-5/h6-9,16H,1,15H2,2-5H3/b7-6-,18-17?. The van der Waals surface area contributed by atoms with Crippen LogP contribution in [0.2, 0.25) is 0 Å². The topological polar surface area (TPSA) is 84.5 Å². The number of nitrogens with zero attached hydrogens (tertiary/aromatic N) is 3. The van der Waals surface area contributed by atoms with Crippen molar-refractivity contribution in [2.24, 2.45) is 10.2 Å². The first-order valence-corrected chi connectivity index (χ1v) is 6.22. The van der Waals surface area contributed by atoms with Crippen LogP contribution in [0.1, 0.15) is 0 Å². The number of azo groups is 1. The Bertz CT molecular complexity index is 555. The Balaban J connectivity index is 2.98. The Kier molecular flexibility index (Phi) is 6.06. The maximum Gasteiger partial charge on any atom is 0.148 e. The Hall–Kier alpha value is -2.70. The minimum Gasteiger partial charge on any atom is -0.495 e. The maximum atomic E-state index is 5.82. The molecular weight excluding hydrogens is 270 g/mol. The van der Waals surface area contributed by atoms with Crippen molar-refractivity contribution >= 4 is 11.4 Å². The molecule has 0 aliphatic carbocycles. The summed E-state index contributed by atoms with van der Waals surface area (Å²) in [6.07, 6.45) is 3.54. The summed E-state index contributed by atoms with van der Waals surface area (Å²) in [5.74, 6) is 1.50. The lowest BCUT2D eigenvalue weighted by Crippen LogP contribution is -2.08. The number of anilines is 1. The molecule has 0 aliphatic heterocycles. The number of nitrogens with two attached hydrogens (primary N) is 1. The highest BCUT2D eigenvalue weighted by atomic mass is 16.5. The van der Waals surface area contributed by atoms with Gasteiger partial charge in [0.15, 0.2) is 0 Å². The molecule has 0 saturated heterocycles. The van der Waals surface area contributed by atoms with Crippen molar-refractivity contribution in [3.05, 3.63) is 36.9 Å². The smallest absolute Gasteiger partial charge is 0.148 e. The van der Waals surface area contributed by atoms with Gasteiger partial charge in [0.05, 0.1) is 19.9 Å². The molecule has 114 valence electrons. The fourth-order valence-electron chi connectivity index (χ4n) is 1.44. The second-order valence-electron chi connectivity index (χ2n) is 4.10. The number of nitrogen functional groups attached to an aromatic ring is 1. The molecule has 1 aromatic carbocycles. The van der Waals surface area contributed by atoms with E-state index in [2.05, 4.69) is 22.1 Å². The molecule has 1 rings (SSSR count). The van der Waals surface area contributed by atoms with Crippen LogP contribution < -0.4 is 20.5 Å². The number of rotatable bonds is 7. The second kappa shape index (κ2) is 7.78.